The molecule has 5 nitrogen and oxygen atoms in total. The van der Waals surface area contributed by atoms with Crippen LogP contribution >= 0.6 is 11.6 Å². The van der Waals surface area contributed by atoms with E-state index in [-0.39, 0.29) is 5.92 Å². The molecule has 1 aliphatic carbocycles. The Morgan fingerprint density at radius 1 is 1.14 bits per heavy atom. The van der Waals surface area contributed by atoms with Crippen molar-refractivity contribution in [2.24, 2.45) is 16.6 Å². The molecule has 28 heavy (non-hydrogen) atoms. The number of likely N-dealkylation sites (N-methyl/N-ethyl adjacent to an activating group) is 1. The lowest BCUT2D eigenvalue weighted by Crippen LogP contribution is -2.38. The molecule has 1 aromatic carbocycles. The van der Waals surface area contributed by atoms with Crippen molar-refractivity contribution in [2.45, 2.75) is 19.9 Å². The SMILES string of the molecule is CNC(=O)C1N=C(c2ccc(Cl)cc2)C2=C(C=CC(C)C=C2)C(=C(C)N)C1=O. The summed E-state index contributed by atoms with van der Waals surface area (Å²) >= 11 is 6.04. The number of ketones is 1. The quantitative estimate of drug-likeness (QED) is 0.596. The summed E-state index contributed by atoms with van der Waals surface area (Å²) in [5.74, 6) is -0.708. The maximum absolute atomic E-state index is 13.2. The Bertz CT molecular complexity index is 978. The highest BCUT2D eigenvalue weighted by Gasteiger charge is 2.35. The van der Waals surface area contributed by atoms with Gasteiger partial charge in [-0.3, -0.25) is 14.6 Å². The molecule has 0 bridgehead atoms. The second-order valence-corrected chi connectivity index (χ2v) is 7.26. The van der Waals surface area contributed by atoms with Crippen LogP contribution in [-0.2, 0) is 9.59 Å². The number of benzene rings is 1. The first-order chi connectivity index (χ1) is 13.3. The first kappa shape index (κ1) is 19.8. The lowest BCUT2D eigenvalue weighted by atomic mass is 9.90. The van der Waals surface area contributed by atoms with Gasteiger partial charge in [-0.25, -0.2) is 0 Å². The van der Waals surface area contributed by atoms with Crippen LogP contribution in [0.2, 0.25) is 5.02 Å². The Labute approximate surface area is 169 Å². The summed E-state index contributed by atoms with van der Waals surface area (Å²) in [6.45, 7) is 3.71. The number of amides is 1. The topological polar surface area (TPSA) is 84.6 Å². The lowest BCUT2D eigenvalue weighted by molar-refractivity contribution is -0.127. The van der Waals surface area contributed by atoms with Crippen molar-refractivity contribution in [1.82, 2.24) is 5.32 Å². The number of Topliss-reactive ketones (excluding diaryl/α,β-unsaturated/α-hetero) is 1. The zero-order valence-corrected chi connectivity index (χ0v) is 16.7. The Hall–Kier alpha value is -2.92. The second-order valence-electron chi connectivity index (χ2n) is 6.83. The molecule has 144 valence electrons. The van der Waals surface area contributed by atoms with Crippen molar-refractivity contribution in [3.8, 4) is 0 Å². The van der Waals surface area contributed by atoms with Crippen molar-refractivity contribution in [3.63, 3.8) is 0 Å². The van der Waals surface area contributed by atoms with Gasteiger partial charge in [-0.05, 0) is 30.5 Å². The summed E-state index contributed by atoms with van der Waals surface area (Å²) in [7, 11) is 1.48. The molecule has 0 saturated heterocycles. The van der Waals surface area contributed by atoms with E-state index < -0.39 is 17.7 Å². The minimum Gasteiger partial charge on any atom is -0.402 e. The third-order valence-electron chi connectivity index (χ3n) is 4.71. The largest absolute Gasteiger partial charge is 0.402 e. The van der Waals surface area contributed by atoms with Gasteiger partial charge in [0.2, 0.25) is 0 Å². The molecule has 0 aromatic heterocycles. The van der Waals surface area contributed by atoms with Crippen LogP contribution in [0.1, 0.15) is 19.4 Å². The summed E-state index contributed by atoms with van der Waals surface area (Å²) in [6.07, 6.45) is 7.85. The molecule has 1 heterocycles. The molecule has 1 aliphatic heterocycles. The smallest absolute Gasteiger partial charge is 0.252 e. The highest BCUT2D eigenvalue weighted by Crippen LogP contribution is 2.31. The fraction of sp³-hybridized carbons (Fsp3) is 0.227. The van der Waals surface area contributed by atoms with E-state index in [0.717, 1.165) is 11.1 Å². The number of hydrogen-bond acceptors (Lipinski definition) is 4. The average Bonchev–Trinajstić information content (AvgIpc) is 2.92. The fourth-order valence-corrected chi connectivity index (χ4v) is 3.38. The molecule has 2 unspecified atom stereocenters. The number of carbonyl (C=O) groups excluding carboxylic acids is 2. The summed E-state index contributed by atoms with van der Waals surface area (Å²) in [5.41, 5.74) is 9.52. The molecule has 1 aromatic rings. The van der Waals surface area contributed by atoms with Gasteiger partial charge in [-0.1, -0.05) is 55.0 Å². The van der Waals surface area contributed by atoms with Gasteiger partial charge in [0.15, 0.2) is 11.8 Å². The van der Waals surface area contributed by atoms with Gasteiger partial charge >= 0.3 is 0 Å². The standard InChI is InChI=1S/C22H22ClN3O2/c1-12-4-10-16-17(11-5-12)19(14-6-8-15(23)9-7-14)26-20(22(28)25-3)21(27)18(16)13(2)24/h4-12,20H,24H2,1-3H3,(H,25,28). The van der Waals surface area contributed by atoms with E-state index in [2.05, 4.69) is 10.3 Å². The first-order valence-corrected chi connectivity index (χ1v) is 9.38. The summed E-state index contributed by atoms with van der Waals surface area (Å²) in [6, 6.07) is 5.95. The van der Waals surface area contributed by atoms with Crippen molar-refractivity contribution in [1.29, 1.82) is 0 Å². The Kier molecular flexibility index (Phi) is 5.66. The molecular weight excluding hydrogens is 374 g/mol. The van der Waals surface area contributed by atoms with Gasteiger partial charge in [-0.15, -0.1) is 0 Å². The van der Waals surface area contributed by atoms with Crippen LogP contribution in [0, 0.1) is 5.92 Å². The fourth-order valence-electron chi connectivity index (χ4n) is 3.25. The van der Waals surface area contributed by atoms with Crippen LogP contribution < -0.4 is 11.1 Å². The van der Waals surface area contributed by atoms with E-state index in [9.17, 15) is 9.59 Å². The van der Waals surface area contributed by atoms with Crippen LogP contribution in [0.5, 0.6) is 0 Å². The minimum absolute atomic E-state index is 0.183. The summed E-state index contributed by atoms with van der Waals surface area (Å²) in [4.78, 5) is 30.3. The molecular formula is C22H22ClN3O2. The van der Waals surface area contributed by atoms with Gasteiger partial charge in [0, 0.05) is 34.5 Å². The van der Waals surface area contributed by atoms with Crippen LogP contribution in [0.15, 0.2) is 76.0 Å². The molecule has 0 radical (unpaired) electrons. The number of aliphatic imine (C=N–C) groups is 1. The Morgan fingerprint density at radius 2 is 1.75 bits per heavy atom. The summed E-state index contributed by atoms with van der Waals surface area (Å²) in [5, 5.41) is 3.12. The molecule has 1 amide bonds. The minimum atomic E-state index is -1.21. The predicted molar refractivity (Wildman–Crippen MR) is 112 cm³/mol. The van der Waals surface area contributed by atoms with Gasteiger partial charge in [-0.2, -0.15) is 0 Å². The molecule has 3 rings (SSSR count). The number of carbonyl (C=O) groups is 2. The third-order valence-corrected chi connectivity index (χ3v) is 4.96. The van der Waals surface area contributed by atoms with Crippen molar-refractivity contribution < 1.29 is 9.59 Å². The van der Waals surface area contributed by atoms with Crippen LogP contribution in [-0.4, -0.2) is 30.5 Å². The van der Waals surface area contributed by atoms with E-state index in [1.807, 2.05) is 43.4 Å². The average molecular weight is 396 g/mol. The molecule has 0 spiro atoms. The predicted octanol–water partition coefficient (Wildman–Crippen LogP) is 3.12. The number of halogens is 1. The summed E-state index contributed by atoms with van der Waals surface area (Å²) < 4.78 is 0. The number of hydrogen-bond donors (Lipinski definition) is 2. The zero-order chi connectivity index (χ0) is 20.4. The molecule has 2 aliphatic rings. The Balaban J connectivity index is 2.35. The monoisotopic (exact) mass is 395 g/mol. The molecule has 3 N–H and O–H groups in total. The van der Waals surface area contributed by atoms with Crippen LogP contribution in [0.25, 0.3) is 0 Å². The van der Waals surface area contributed by atoms with E-state index in [1.165, 1.54) is 7.05 Å². The van der Waals surface area contributed by atoms with Gasteiger partial charge < -0.3 is 11.1 Å². The van der Waals surface area contributed by atoms with Gasteiger partial charge in [0.05, 0.1) is 5.71 Å². The maximum atomic E-state index is 13.2. The Morgan fingerprint density at radius 3 is 2.32 bits per heavy atom. The lowest BCUT2D eigenvalue weighted by Gasteiger charge is -2.13. The molecule has 0 saturated carbocycles. The van der Waals surface area contributed by atoms with Crippen LogP contribution in [0.4, 0.5) is 0 Å². The molecule has 0 fully saturated rings. The normalized spacial score (nSPS) is 23.6. The van der Waals surface area contributed by atoms with Crippen molar-refractivity contribution >= 4 is 29.0 Å². The molecule has 2 atom stereocenters. The van der Waals surface area contributed by atoms with Crippen molar-refractivity contribution in [2.75, 3.05) is 7.05 Å². The number of allylic oxidation sites excluding steroid dienone is 7. The second kappa shape index (κ2) is 7.98. The number of nitrogens with one attached hydrogen (secondary N) is 1. The van der Waals surface area contributed by atoms with Crippen LogP contribution in [0.3, 0.4) is 0 Å². The number of rotatable bonds is 2. The van der Waals surface area contributed by atoms with Gasteiger partial charge in [0.1, 0.15) is 0 Å². The third kappa shape index (κ3) is 3.71. The zero-order valence-electron chi connectivity index (χ0n) is 16.0. The first-order valence-electron chi connectivity index (χ1n) is 9.00. The highest BCUT2D eigenvalue weighted by atomic mass is 35.5. The number of nitrogens with two attached hydrogens (primary N) is 1. The maximum Gasteiger partial charge on any atom is 0.252 e. The van der Waals surface area contributed by atoms with E-state index in [4.69, 9.17) is 17.3 Å². The molecule has 6 heteroatoms. The van der Waals surface area contributed by atoms with Gasteiger partial charge in [0.25, 0.3) is 5.91 Å². The van der Waals surface area contributed by atoms with Crippen molar-refractivity contribution in [3.05, 3.63) is 81.6 Å². The number of nitrogens with zero attached hydrogens (tertiary/aromatic N) is 1. The van der Waals surface area contributed by atoms with E-state index >= 15 is 0 Å². The van der Waals surface area contributed by atoms with E-state index in [0.29, 0.717) is 27.6 Å². The van der Waals surface area contributed by atoms with E-state index in [1.54, 1.807) is 19.1 Å². The highest BCUT2D eigenvalue weighted by molar-refractivity contribution is 6.31.